The van der Waals surface area contributed by atoms with Gasteiger partial charge in [-0.25, -0.2) is 9.59 Å². The van der Waals surface area contributed by atoms with Gasteiger partial charge in [0.25, 0.3) is 0 Å². The highest BCUT2D eigenvalue weighted by Crippen LogP contribution is 2.37. The first-order chi connectivity index (χ1) is 15.8. The Morgan fingerprint density at radius 2 is 1.61 bits per heavy atom. The molecule has 172 valence electrons. The van der Waals surface area contributed by atoms with E-state index in [0.717, 1.165) is 31.7 Å². The van der Waals surface area contributed by atoms with Crippen LogP contribution in [0.5, 0.6) is 11.5 Å². The molecule has 3 aromatic rings. The molecule has 0 unspecified atom stereocenters. The molecule has 0 spiro atoms. The van der Waals surface area contributed by atoms with E-state index < -0.39 is 11.9 Å². The second kappa shape index (κ2) is 9.48. The molecule has 1 heterocycles. The maximum Gasteiger partial charge on any atom is 0.339 e. The predicted octanol–water partition coefficient (Wildman–Crippen LogP) is 2.90. The molecule has 1 saturated heterocycles. The van der Waals surface area contributed by atoms with Crippen molar-refractivity contribution in [2.24, 2.45) is 0 Å². The minimum atomic E-state index is -1.02. The molecule has 4 rings (SSSR count). The molecule has 0 bridgehead atoms. The Kier molecular flexibility index (Phi) is 6.48. The first-order valence-electron chi connectivity index (χ1n) is 10.7. The van der Waals surface area contributed by atoms with Crippen molar-refractivity contribution in [3.05, 3.63) is 70.8 Å². The highest BCUT2D eigenvalue weighted by molar-refractivity contribution is 5.98. The normalized spacial score (nSPS) is 14.9. The zero-order valence-electron chi connectivity index (χ0n) is 18.3. The fourth-order valence-electron chi connectivity index (χ4n) is 3.89. The number of piperazine rings is 1. The number of fused-ring (bicyclic) bond motifs is 1. The number of aromatic carboxylic acids is 1. The van der Waals surface area contributed by atoms with E-state index in [9.17, 15) is 19.8 Å². The first-order valence-corrected chi connectivity index (χ1v) is 10.7. The molecule has 0 radical (unpaired) electrons. The van der Waals surface area contributed by atoms with Crippen LogP contribution >= 0.6 is 0 Å². The molecule has 8 nitrogen and oxygen atoms in total. The Morgan fingerprint density at radius 3 is 2.27 bits per heavy atom. The van der Waals surface area contributed by atoms with Gasteiger partial charge in [-0.1, -0.05) is 18.2 Å². The molecule has 1 aliphatic rings. The molecule has 1 aliphatic heterocycles. The Bertz CT molecular complexity index is 1180. The molecule has 1 fully saturated rings. The number of carboxylic acid groups (broad SMARTS) is 1. The van der Waals surface area contributed by atoms with E-state index in [1.807, 2.05) is 0 Å². The van der Waals surface area contributed by atoms with Gasteiger partial charge in [0.05, 0.1) is 11.1 Å². The lowest BCUT2D eigenvalue weighted by Crippen LogP contribution is -2.45. The topological polar surface area (TPSA) is 111 Å². The number of carboxylic acids is 1. The molecular formula is C25H26N2O6. The van der Waals surface area contributed by atoms with Crippen LogP contribution in [-0.2, 0) is 11.2 Å². The summed E-state index contributed by atoms with van der Waals surface area (Å²) in [4.78, 5) is 27.9. The fourth-order valence-corrected chi connectivity index (χ4v) is 3.89. The third-order valence-corrected chi connectivity index (χ3v) is 5.99. The molecule has 33 heavy (non-hydrogen) atoms. The monoisotopic (exact) mass is 450 g/mol. The number of benzene rings is 3. The number of rotatable bonds is 6. The van der Waals surface area contributed by atoms with E-state index >= 15 is 0 Å². The number of hydrogen-bond acceptors (Lipinski definition) is 7. The second-order valence-corrected chi connectivity index (χ2v) is 8.32. The van der Waals surface area contributed by atoms with E-state index in [2.05, 4.69) is 16.8 Å². The number of likely N-dealkylation sites (N-methyl/N-ethyl adjacent to an activating group) is 1. The summed E-state index contributed by atoms with van der Waals surface area (Å²) in [5.74, 6) is -1.70. The average Bonchev–Trinajstić information content (AvgIpc) is 2.81. The fraction of sp³-hybridized carbons (Fsp3) is 0.280. The van der Waals surface area contributed by atoms with Crippen LogP contribution < -0.4 is 0 Å². The van der Waals surface area contributed by atoms with Crippen LogP contribution in [0.4, 0.5) is 0 Å². The van der Waals surface area contributed by atoms with Gasteiger partial charge in [0.15, 0.2) is 0 Å². The molecule has 0 saturated carbocycles. The lowest BCUT2D eigenvalue weighted by atomic mass is 9.97. The molecule has 0 aromatic heterocycles. The van der Waals surface area contributed by atoms with Crippen molar-refractivity contribution < 1.29 is 29.6 Å². The van der Waals surface area contributed by atoms with Crippen LogP contribution in [0.3, 0.4) is 0 Å². The average molecular weight is 450 g/mol. The largest absolute Gasteiger partial charge is 0.507 e. The molecule has 0 atom stereocenters. The maximum absolute atomic E-state index is 12.6. The summed E-state index contributed by atoms with van der Waals surface area (Å²) < 4.78 is 5.46. The number of phenolic OH excluding ortho intramolecular Hbond substituents is 2. The minimum Gasteiger partial charge on any atom is -0.507 e. The zero-order chi connectivity index (χ0) is 23.5. The van der Waals surface area contributed by atoms with Crippen molar-refractivity contribution in [3.63, 3.8) is 0 Å². The van der Waals surface area contributed by atoms with E-state index in [1.54, 1.807) is 30.3 Å². The highest BCUT2D eigenvalue weighted by atomic mass is 16.5. The van der Waals surface area contributed by atoms with Gasteiger partial charge in [0.1, 0.15) is 18.2 Å². The highest BCUT2D eigenvalue weighted by Gasteiger charge is 2.18. The van der Waals surface area contributed by atoms with Gasteiger partial charge in [-0.05, 0) is 48.3 Å². The molecule has 3 aromatic carbocycles. The van der Waals surface area contributed by atoms with Crippen molar-refractivity contribution >= 4 is 22.7 Å². The lowest BCUT2D eigenvalue weighted by Gasteiger charge is -2.31. The summed E-state index contributed by atoms with van der Waals surface area (Å²) in [5, 5.41) is 31.4. The van der Waals surface area contributed by atoms with Crippen molar-refractivity contribution in [3.8, 4) is 11.5 Å². The number of nitrogens with zero attached hydrogens (tertiary/aromatic N) is 2. The SMILES string of the molecule is CN1CCN(COC(=O)c2ccc3cc(O)c(Cc4ccc(C(=O)O)cc4)c(O)c3c2)CC1. The Balaban J connectivity index is 1.54. The summed E-state index contributed by atoms with van der Waals surface area (Å²) >= 11 is 0. The van der Waals surface area contributed by atoms with Crippen LogP contribution in [-0.4, -0.2) is 77.0 Å². The Hall–Kier alpha value is -3.62. The van der Waals surface area contributed by atoms with Crippen molar-refractivity contribution in [1.29, 1.82) is 0 Å². The zero-order valence-corrected chi connectivity index (χ0v) is 18.3. The van der Waals surface area contributed by atoms with Crippen molar-refractivity contribution in [2.75, 3.05) is 40.0 Å². The summed E-state index contributed by atoms with van der Waals surface area (Å²) in [6.45, 7) is 3.72. The van der Waals surface area contributed by atoms with E-state index in [4.69, 9.17) is 9.84 Å². The van der Waals surface area contributed by atoms with Gasteiger partial charge in [-0.3, -0.25) is 4.90 Å². The predicted molar refractivity (Wildman–Crippen MR) is 123 cm³/mol. The molecular weight excluding hydrogens is 424 g/mol. The Morgan fingerprint density at radius 1 is 0.939 bits per heavy atom. The van der Waals surface area contributed by atoms with Gasteiger partial charge in [-0.15, -0.1) is 0 Å². The third kappa shape index (κ3) is 5.08. The van der Waals surface area contributed by atoms with E-state index in [0.29, 0.717) is 21.9 Å². The smallest absolute Gasteiger partial charge is 0.339 e. The minimum absolute atomic E-state index is 0.0762. The van der Waals surface area contributed by atoms with Crippen LogP contribution in [0.2, 0.25) is 0 Å². The molecule has 0 aliphatic carbocycles. The number of phenols is 2. The molecule has 3 N–H and O–H groups in total. The number of carbonyl (C=O) groups is 2. The lowest BCUT2D eigenvalue weighted by molar-refractivity contribution is 0.0102. The van der Waals surface area contributed by atoms with Gasteiger partial charge in [0, 0.05) is 43.5 Å². The summed E-state index contributed by atoms with van der Waals surface area (Å²) in [5.41, 5.74) is 1.50. The maximum atomic E-state index is 12.6. The third-order valence-electron chi connectivity index (χ3n) is 5.99. The van der Waals surface area contributed by atoms with Crippen LogP contribution in [0.1, 0.15) is 31.8 Å². The molecule has 0 amide bonds. The Labute approximate surface area is 191 Å². The van der Waals surface area contributed by atoms with Gasteiger partial charge >= 0.3 is 11.9 Å². The second-order valence-electron chi connectivity index (χ2n) is 8.32. The quantitative estimate of drug-likeness (QED) is 0.492. The van der Waals surface area contributed by atoms with E-state index in [1.165, 1.54) is 18.2 Å². The van der Waals surface area contributed by atoms with Crippen LogP contribution in [0.25, 0.3) is 10.8 Å². The van der Waals surface area contributed by atoms with Crippen molar-refractivity contribution in [2.45, 2.75) is 6.42 Å². The first kappa shape index (κ1) is 22.6. The number of hydrogen-bond donors (Lipinski definition) is 3. The van der Waals surface area contributed by atoms with Gasteiger partial charge in [0.2, 0.25) is 0 Å². The summed E-state index contributed by atoms with van der Waals surface area (Å²) in [7, 11) is 2.06. The number of carbonyl (C=O) groups excluding carboxylic acids is 1. The number of aromatic hydroxyl groups is 2. The molecule has 8 heteroatoms. The van der Waals surface area contributed by atoms with Crippen molar-refractivity contribution in [1.82, 2.24) is 9.80 Å². The number of esters is 1. The van der Waals surface area contributed by atoms with Gasteiger partial charge < -0.3 is 25.0 Å². The summed E-state index contributed by atoms with van der Waals surface area (Å²) in [6, 6.07) is 12.6. The van der Waals surface area contributed by atoms with Crippen LogP contribution in [0.15, 0.2) is 48.5 Å². The standard InChI is InChI=1S/C25H26N2O6/c1-26-8-10-27(11-9-26)15-33-25(32)19-7-6-18-14-22(28)21(23(29)20(18)13-19)12-16-2-4-17(5-3-16)24(30)31/h2-7,13-14,28-29H,8-12,15H2,1H3,(H,30,31). The number of ether oxygens (including phenoxy) is 1. The summed E-state index contributed by atoms with van der Waals surface area (Å²) in [6.07, 6.45) is 0.200. The van der Waals surface area contributed by atoms with Crippen LogP contribution in [0, 0.1) is 0 Å². The van der Waals surface area contributed by atoms with Gasteiger partial charge in [-0.2, -0.15) is 0 Å². The van der Waals surface area contributed by atoms with E-state index in [-0.39, 0.29) is 30.2 Å².